The van der Waals surface area contributed by atoms with Crippen LogP contribution in [0.1, 0.15) is 13.3 Å². The average Bonchev–Trinajstić information content (AvgIpc) is 2.15. The first-order chi connectivity index (χ1) is 4.57. The van der Waals surface area contributed by atoms with Gasteiger partial charge in [-0.25, -0.2) is 0 Å². The fraction of sp³-hybridized carbons (Fsp3) is 0.857. The molecule has 0 bridgehead atoms. The van der Waals surface area contributed by atoms with Gasteiger partial charge in [0, 0.05) is 6.54 Å². The second kappa shape index (κ2) is 2.23. The fourth-order valence-electron chi connectivity index (χ4n) is 1.15. The molecule has 0 radical (unpaired) electrons. The summed E-state index contributed by atoms with van der Waals surface area (Å²) in [4.78, 5) is 13.2. The second-order valence-electron chi connectivity index (χ2n) is 3.17. The van der Waals surface area contributed by atoms with E-state index in [1.54, 1.807) is 0 Å². The third-order valence-corrected chi connectivity index (χ3v) is 2.37. The van der Waals surface area contributed by atoms with Gasteiger partial charge in [0.15, 0.2) is 0 Å². The van der Waals surface area contributed by atoms with Gasteiger partial charge in [-0.05, 0) is 27.4 Å². The third kappa shape index (κ3) is 0.904. The SMILES string of the molecule is CN(C)C1(C)CCNC1=O. The molecule has 0 aliphatic carbocycles. The monoisotopic (exact) mass is 142 g/mol. The highest BCUT2D eigenvalue weighted by molar-refractivity contribution is 5.87. The van der Waals surface area contributed by atoms with Crippen LogP contribution in [0.25, 0.3) is 0 Å². The van der Waals surface area contributed by atoms with Crippen molar-refractivity contribution in [2.45, 2.75) is 18.9 Å². The lowest BCUT2D eigenvalue weighted by atomic mass is 10.00. The van der Waals surface area contributed by atoms with E-state index in [0.29, 0.717) is 0 Å². The molecular formula is C7H14N2O. The van der Waals surface area contributed by atoms with Gasteiger partial charge in [-0.2, -0.15) is 0 Å². The van der Waals surface area contributed by atoms with Crippen LogP contribution in [0.4, 0.5) is 0 Å². The van der Waals surface area contributed by atoms with Crippen molar-refractivity contribution >= 4 is 5.91 Å². The van der Waals surface area contributed by atoms with Crippen molar-refractivity contribution in [3.05, 3.63) is 0 Å². The first-order valence-electron chi connectivity index (χ1n) is 3.53. The van der Waals surface area contributed by atoms with E-state index < -0.39 is 0 Å². The van der Waals surface area contributed by atoms with Crippen LogP contribution in [0, 0.1) is 0 Å². The summed E-state index contributed by atoms with van der Waals surface area (Å²) < 4.78 is 0. The Labute approximate surface area is 61.4 Å². The highest BCUT2D eigenvalue weighted by Crippen LogP contribution is 2.20. The molecule has 1 heterocycles. The molecule has 3 heteroatoms. The Hall–Kier alpha value is -0.570. The van der Waals surface area contributed by atoms with Crippen LogP contribution in [-0.4, -0.2) is 37.0 Å². The van der Waals surface area contributed by atoms with E-state index in [0.717, 1.165) is 13.0 Å². The quantitative estimate of drug-likeness (QED) is 0.551. The van der Waals surface area contributed by atoms with Crippen molar-refractivity contribution in [1.82, 2.24) is 10.2 Å². The van der Waals surface area contributed by atoms with Crippen molar-refractivity contribution in [1.29, 1.82) is 0 Å². The number of nitrogens with zero attached hydrogens (tertiary/aromatic N) is 1. The molecule has 0 aromatic heterocycles. The van der Waals surface area contributed by atoms with Crippen molar-refractivity contribution in [2.75, 3.05) is 20.6 Å². The molecule has 10 heavy (non-hydrogen) atoms. The van der Waals surface area contributed by atoms with Crippen LogP contribution in [0.15, 0.2) is 0 Å². The van der Waals surface area contributed by atoms with Crippen LogP contribution >= 0.6 is 0 Å². The van der Waals surface area contributed by atoms with Crippen molar-refractivity contribution in [3.8, 4) is 0 Å². The van der Waals surface area contributed by atoms with Crippen molar-refractivity contribution in [2.24, 2.45) is 0 Å². The molecule has 1 aliphatic heterocycles. The maximum Gasteiger partial charge on any atom is 0.240 e. The van der Waals surface area contributed by atoms with Crippen LogP contribution in [0.2, 0.25) is 0 Å². The number of hydrogen-bond acceptors (Lipinski definition) is 2. The van der Waals surface area contributed by atoms with Crippen molar-refractivity contribution < 1.29 is 4.79 Å². The minimum Gasteiger partial charge on any atom is -0.354 e. The maximum atomic E-state index is 11.2. The zero-order valence-electron chi connectivity index (χ0n) is 6.77. The van der Waals surface area contributed by atoms with E-state index in [1.165, 1.54) is 0 Å². The van der Waals surface area contributed by atoms with Gasteiger partial charge in [-0.3, -0.25) is 9.69 Å². The van der Waals surface area contributed by atoms with E-state index in [-0.39, 0.29) is 11.4 Å². The van der Waals surface area contributed by atoms with E-state index in [2.05, 4.69) is 5.32 Å². The molecule has 3 nitrogen and oxygen atoms in total. The van der Waals surface area contributed by atoms with Gasteiger partial charge in [0.05, 0.1) is 5.54 Å². The molecule has 0 spiro atoms. The van der Waals surface area contributed by atoms with Crippen molar-refractivity contribution in [3.63, 3.8) is 0 Å². The Morgan fingerprint density at radius 2 is 2.20 bits per heavy atom. The summed E-state index contributed by atoms with van der Waals surface area (Å²) in [5.41, 5.74) is -0.264. The first-order valence-corrected chi connectivity index (χ1v) is 3.53. The first kappa shape index (κ1) is 7.54. The number of carbonyl (C=O) groups is 1. The average molecular weight is 142 g/mol. The summed E-state index contributed by atoms with van der Waals surface area (Å²) in [7, 11) is 3.87. The Morgan fingerprint density at radius 3 is 2.40 bits per heavy atom. The lowest BCUT2D eigenvalue weighted by Crippen LogP contribution is -2.47. The number of nitrogens with one attached hydrogen (secondary N) is 1. The second-order valence-corrected chi connectivity index (χ2v) is 3.17. The molecule has 0 saturated carbocycles. The number of amides is 1. The van der Waals surface area contributed by atoms with Gasteiger partial charge in [-0.15, -0.1) is 0 Å². The van der Waals surface area contributed by atoms with Gasteiger partial charge in [0.25, 0.3) is 0 Å². The minimum atomic E-state index is -0.264. The van der Waals surface area contributed by atoms with Crippen LogP contribution in [0.3, 0.4) is 0 Å². The Morgan fingerprint density at radius 1 is 1.60 bits per heavy atom. The lowest BCUT2D eigenvalue weighted by Gasteiger charge is -2.28. The van der Waals surface area contributed by atoms with Gasteiger partial charge in [0.1, 0.15) is 0 Å². The lowest BCUT2D eigenvalue weighted by molar-refractivity contribution is -0.127. The Kier molecular flexibility index (Phi) is 1.68. The molecule has 1 unspecified atom stereocenters. The van der Waals surface area contributed by atoms with Crippen LogP contribution < -0.4 is 5.32 Å². The van der Waals surface area contributed by atoms with Gasteiger partial charge in [0.2, 0.25) is 5.91 Å². The minimum absolute atomic E-state index is 0.150. The maximum absolute atomic E-state index is 11.2. The topological polar surface area (TPSA) is 32.3 Å². The largest absolute Gasteiger partial charge is 0.354 e. The third-order valence-electron chi connectivity index (χ3n) is 2.37. The predicted molar refractivity (Wildman–Crippen MR) is 39.7 cm³/mol. The standard InChI is InChI=1S/C7H14N2O/c1-7(9(2)3)4-5-8-6(7)10/h4-5H2,1-3H3,(H,8,10). The van der Waals surface area contributed by atoms with Gasteiger partial charge < -0.3 is 5.32 Å². The highest BCUT2D eigenvalue weighted by Gasteiger charge is 2.39. The molecule has 1 amide bonds. The van der Waals surface area contributed by atoms with E-state index in [4.69, 9.17) is 0 Å². The Balaban J connectivity index is 2.75. The van der Waals surface area contributed by atoms with Crippen LogP contribution in [-0.2, 0) is 4.79 Å². The number of hydrogen-bond donors (Lipinski definition) is 1. The van der Waals surface area contributed by atoms with E-state index in [1.807, 2.05) is 25.9 Å². The molecule has 1 atom stereocenters. The zero-order chi connectivity index (χ0) is 7.78. The highest BCUT2D eigenvalue weighted by atomic mass is 16.2. The molecule has 1 rings (SSSR count). The summed E-state index contributed by atoms with van der Waals surface area (Å²) in [6, 6.07) is 0. The van der Waals surface area contributed by atoms with Gasteiger partial charge >= 0.3 is 0 Å². The fourth-order valence-corrected chi connectivity index (χ4v) is 1.15. The number of carbonyl (C=O) groups excluding carboxylic acids is 1. The molecule has 58 valence electrons. The zero-order valence-corrected chi connectivity index (χ0v) is 6.77. The van der Waals surface area contributed by atoms with E-state index in [9.17, 15) is 4.79 Å². The predicted octanol–water partition coefficient (Wildman–Crippen LogP) is -0.173. The molecule has 1 saturated heterocycles. The molecule has 1 aliphatic rings. The smallest absolute Gasteiger partial charge is 0.240 e. The summed E-state index contributed by atoms with van der Waals surface area (Å²) in [6.45, 7) is 2.78. The van der Waals surface area contributed by atoms with Crippen LogP contribution in [0.5, 0.6) is 0 Å². The molecular weight excluding hydrogens is 128 g/mol. The van der Waals surface area contributed by atoms with E-state index >= 15 is 0 Å². The summed E-state index contributed by atoms with van der Waals surface area (Å²) in [5.74, 6) is 0.150. The number of likely N-dealkylation sites (N-methyl/N-ethyl adjacent to an activating group) is 1. The molecule has 0 aromatic rings. The number of rotatable bonds is 1. The van der Waals surface area contributed by atoms with Gasteiger partial charge in [-0.1, -0.05) is 0 Å². The molecule has 1 fully saturated rings. The Bertz CT molecular complexity index is 156. The summed E-state index contributed by atoms with van der Waals surface area (Å²) in [6.07, 6.45) is 0.916. The summed E-state index contributed by atoms with van der Waals surface area (Å²) in [5, 5.41) is 2.81. The molecule has 1 N–H and O–H groups in total. The summed E-state index contributed by atoms with van der Waals surface area (Å²) >= 11 is 0. The molecule has 0 aromatic carbocycles. The normalized spacial score (nSPS) is 33.0.